The summed E-state index contributed by atoms with van der Waals surface area (Å²) in [5, 5.41) is 12.2. The molecule has 144 valence electrons. The van der Waals surface area contributed by atoms with Gasteiger partial charge in [0.15, 0.2) is 5.58 Å². The highest BCUT2D eigenvalue weighted by Crippen LogP contribution is 2.27. The molecular weight excluding hydrogens is 364 g/mol. The van der Waals surface area contributed by atoms with Crippen molar-refractivity contribution in [2.24, 2.45) is 7.05 Å². The van der Waals surface area contributed by atoms with Gasteiger partial charge in [0, 0.05) is 20.2 Å². The molecule has 9 heteroatoms. The molecule has 0 unspecified atom stereocenters. The predicted molar refractivity (Wildman–Crippen MR) is 102 cm³/mol. The molecule has 4 aromatic rings. The number of rotatable bonds is 7. The van der Waals surface area contributed by atoms with Crippen molar-refractivity contribution >= 4 is 40.1 Å². The number of aromatic carboxylic acids is 1. The van der Waals surface area contributed by atoms with Crippen LogP contribution in [0.2, 0.25) is 0 Å². The molecule has 0 aliphatic rings. The van der Waals surface area contributed by atoms with E-state index in [0.29, 0.717) is 41.5 Å². The molecule has 2 aromatic heterocycles. The lowest BCUT2D eigenvalue weighted by molar-refractivity contribution is 0.0697. The molecule has 0 saturated heterocycles. The zero-order valence-corrected chi connectivity index (χ0v) is 15.3. The predicted octanol–water partition coefficient (Wildman–Crippen LogP) is 3.18. The summed E-state index contributed by atoms with van der Waals surface area (Å²) >= 11 is 0. The van der Waals surface area contributed by atoms with Gasteiger partial charge in [-0.2, -0.15) is 4.98 Å². The van der Waals surface area contributed by atoms with Crippen molar-refractivity contribution in [2.45, 2.75) is 0 Å². The first-order chi connectivity index (χ1) is 13.5. The van der Waals surface area contributed by atoms with Crippen LogP contribution in [0, 0.1) is 0 Å². The number of carboxylic acids is 1. The Morgan fingerprint density at radius 3 is 2.82 bits per heavy atom. The lowest BCUT2D eigenvalue weighted by atomic mass is 10.2. The van der Waals surface area contributed by atoms with Crippen LogP contribution in [0.3, 0.4) is 0 Å². The van der Waals surface area contributed by atoms with Gasteiger partial charge in [0.05, 0.1) is 23.2 Å². The van der Waals surface area contributed by atoms with Crippen LogP contribution in [0.1, 0.15) is 10.4 Å². The molecule has 2 aromatic carbocycles. The minimum atomic E-state index is -0.996. The lowest BCUT2D eigenvalue weighted by Gasteiger charge is -2.04. The van der Waals surface area contributed by atoms with Gasteiger partial charge < -0.3 is 23.6 Å². The summed E-state index contributed by atoms with van der Waals surface area (Å²) < 4.78 is 18.1. The van der Waals surface area contributed by atoms with Crippen LogP contribution in [-0.4, -0.2) is 45.9 Å². The zero-order valence-electron chi connectivity index (χ0n) is 15.3. The Balaban J connectivity index is 1.60. The summed E-state index contributed by atoms with van der Waals surface area (Å²) in [5.41, 5.74) is 2.78. The number of hydrogen-bond acceptors (Lipinski definition) is 7. The summed E-state index contributed by atoms with van der Waals surface area (Å²) in [6.45, 7) is 0.941. The normalized spacial score (nSPS) is 11.2. The Morgan fingerprint density at radius 2 is 2.04 bits per heavy atom. The van der Waals surface area contributed by atoms with Gasteiger partial charge in [-0.15, -0.1) is 0 Å². The molecule has 0 saturated carbocycles. The van der Waals surface area contributed by atoms with Gasteiger partial charge in [-0.1, -0.05) is 0 Å². The molecule has 9 nitrogen and oxygen atoms in total. The fourth-order valence-corrected chi connectivity index (χ4v) is 2.83. The number of carboxylic acid groups (broad SMARTS) is 1. The fourth-order valence-electron chi connectivity index (χ4n) is 2.83. The van der Waals surface area contributed by atoms with E-state index in [9.17, 15) is 4.79 Å². The molecular formula is C19H18N4O5. The van der Waals surface area contributed by atoms with Crippen LogP contribution >= 0.6 is 0 Å². The van der Waals surface area contributed by atoms with E-state index in [1.54, 1.807) is 35.9 Å². The Hall–Kier alpha value is -3.59. The number of nitrogens with zero attached hydrogens (tertiary/aromatic N) is 3. The molecule has 0 radical (unpaired) electrons. The second-order valence-electron chi connectivity index (χ2n) is 6.12. The summed E-state index contributed by atoms with van der Waals surface area (Å²) in [5.74, 6) is 0.154. The van der Waals surface area contributed by atoms with E-state index in [4.69, 9.17) is 19.0 Å². The van der Waals surface area contributed by atoms with Crippen molar-refractivity contribution in [3.63, 3.8) is 0 Å². The SMILES string of the molecule is COCCOc1ccc2nc(Nc3nc4cc(C(=O)O)ccc4n3C)oc2c1. The Kier molecular flexibility index (Phi) is 4.58. The van der Waals surface area contributed by atoms with Gasteiger partial charge >= 0.3 is 12.0 Å². The number of methoxy groups -OCH3 is 1. The highest BCUT2D eigenvalue weighted by molar-refractivity contribution is 5.93. The van der Waals surface area contributed by atoms with E-state index in [2.05, 4.69) is 15.3 Å². The number of hydrogen-bond donors (Lipinski definition) is 2. The van der Waals surface area contributed by atoms with E-state index >= 15 is 0 Å². The van der Waals surface area contributed by atoms with Crippen molar-refractivity contribution in [1.82, 2.24) is 14.5 Å². The Morgan fingerprint density at radius 1 is 1.18 bits per heavy atom. The van der Waals surface area contributed by atoms with E-state index in [1.807, 2.05) is 13.1 Å². The number of carbonyl (C=O) groups is 1. The number of benzene rings is 2. The maximum absolute atomic E-state index is 11.1. The largest absolute Gasteiger partial charge is 0.491 e. The van der Waals surface area contributed by atoms with Gasteiger partial charge in [0.25, 0.3) is 0 Å². The molecule has 4 rings (SSSR count). The van der Waals surface area contributed by atoms with Crippen molar-refractivity contribution in [3.05, 3.63) is 42.0 Å². The van der Waals surface area contributed by atoms with Crippen molar-refractivity contribution in [1.29, 1.82) is 0 Å². The number of imidazole rings is 1. The second kappa shape index (κ2) is 7.20. The first kappa shape index (κ1) is 17.8. The fraction of sp³-hybridized carbons (Fsp3) is 0.211. The summed E-state index contributed by atoms with van der Waals surface area (Å²) in [6, 6.07) is 10.4. The summed E-state index contributed by atoms with van der Waals surface area (Å²) in [6.07, 6.45) is 0. The third-order valence-corrected chi connectivity index (χ3v) is 4.26. The second-order valence-corrected chi connectivity index (χ2v) is 6.12. The summed E-state index contributed by atoms with van der Waals surface area (Å²) in [7, 11) is 3.44. The van der Waals surface area contributed by atoms with Gasteiger partial charge in [-0.25, -0.2) is 9.78 Å². The minimum Gasteiger partial charge on any atom is -0.491 e. The monoisotopic (exact) mass is 382 g/mol. The van der Waals surface area contributed by atoms with Crippen LogP contribution < -0.4 is 10.1 Å². The van der Waals surface area contributed by atoms with E-state index in [0.717, 1.165) is 5.52 Å². The number of fused-ring (bicyclic) bond motifs is 2. The number of aromatic nitrogens is 3. The molecule has 2 N–H and O–H groups in total. The molecule has 28 heavy (non-hydrogen) atoms. The standard InChI is InChI=1S/C19H18N4O5/c1-23-15-6-3-11(17(24)25)9-14(15)20-18(23)22-19-21-13-5-4-12(10-16(13)28-19)27-8-7-26-2/h3-6,9-10H,7-8H2,1-2H3,(H,24,25)(H,20,21,22). The Labute approximate surface area is 159 Å². The minimum absolute atomic E-state index is 0.181. The van der Waals surface area contributed by atoms with Crippen LogP contribution in [0.5, 0.6) is 5.75 Å². The number of ether oxygens (including phenoxy) is 2. The third-order valence-electron chi connectivity index (χ3n) is 4.26. The van der Waals surface area contributed by atoms with Gasteiger partial charge in [-0.05, 0) is 30.3 Å². The number of oxazole rings is 1. The van der Waals surface area contributed by atoms with Crippen molar-refractivity contribution in [3.8, 4) is 5.75 Å². The Bertz CT molecular complexity index is 1160. The average Bonchev–Trinajstić information content (AvgIpc) is 3.22. The van der Waals surface area contributed by atoms with Crippen LogP contribution in [0.4, 0.5) is 12.0 Å². The highest BCUT2D eigenvalue weighted by Gasteiger charge is 2.14. The van der Waals surface area contributed by atoms with Gasteiger partial charge in [-0.3, -0.25) is 5.32 Å². The van der Waals surface area contributed by atoms with Crippen LogP contribution in [0.15, 0.2) is 40.8 Å². The third kappa shape index (κ3) is 3.35. The van der Waals surface area contributed by atoms with E-state index < -0.39 is 5.97 Å². The van der Waals surface area contributed by atoms with E-state index in [1.165, 1.54) is 6.07 Å². The van der Waals surface area contributed by atoms with Crippen LogP contribution in [-0.2, 0) is 11.8 Å². The van der Waals surface area contributed by atoms with Crippen LogP contribution in [0.25, 0.3) is 22.1 Å². The maximum atomic E-state index is 11.1. The first-order valence-electron chi connectivity index (χ1n) is 8.54. The molecule has 0 fully saturated rings. The van der Waals surface area contributed by atoms with E-state index in [-0.39, 0.29) is 11.6 Å². The van der Waals surface area contributed by atoms with Crippen molar-refractivity contribution in [2.75, 3.05) is 25.6 Å². The molecule has 0 spiro atoms. The number of nitrogens with one attached hydrogen (secondary N) is 1. The average molecular weight is 382 g/mol. The quantitative estimate of drug-likeness (QED) is 0.469. The zero-order chi connectivity index (χ0) is 19.7. The maximum Gasteiger partial charge on any atom is 0.335 e. The topological polar surface area (TPSA) is 112 Å². The highest BCUT2D eigenvalue weighted by atomic mass is 16.5. The molecule has 2 heterocycles. The van der Waals surface area contributed by atoms with Gasteiger partial charge in [0.1, 0.15) is 17.9 Å². The number of aryl methyl sites for hydroxylation is 1. The molecule has 0 amide bonds. The molecule has 0 aliphatic carbocycles. The molecule has 0 aliphatic heterocycles. The van der Waals surface area contributed by atoms with Gasteiger partial charge in [0.2, 0.25) is 5.95 Å². The number of anilines is 2. The van der Waals surface area contributed by atoms with Crippen molar-refractivity contribution < 1.29 is 23.8 Å². The first-order valence-corrected chi connectivity index (χ1v) is 8.54. The molecule has 0 bridgehead atoms. The summed E-state index contributed by atoms with van der Waals surface area (Å²) in [4.78, 5) is 20.0. The smallest absolute Gasteiger partial charge is 0.335 e. The lowest BCUT2D eigenvalue weighted by Crippen LogP contribution is -2.03. The molecule has 0 atom stereocenters.